The number of allylic oxidation sites excluding steroid dienone is 2. The predicted octanol–water partition coefficient (Wildman–Crippen LogP) is 2.47. The van der Waals surface area contributed by atoms with Crippen molar-refractivity contribution in [1.29, 1.82) is 0 Å². The Hall–Kier alpha value is -0.590. The maximum absolute atomic E-state index is 11.4. The van der Waals surface area contributed by atoms with E-state index in [4.69, 9.17) is 0 Å². The molecule has 2 aliphatic carbocycles. The van der Waals surface area contributed by atoms with Crippen molar-refractivity contribution >= 4 is 5.78 Å². The molecule has 0 radical (unpaired) electrons. The quantitative estimate of drug-likeness (QED) is 0.518. The lowest BCUT2D eigenvalue weighted by Crippen LogP contribution is -2.15. The Bertz CT molecular complexity index is 246. The van der Waals surface area contributed by atoms with Crippen molar-refractivity contribution in [1.82, 2.24) is 0 Å². The fourth-order valence-corrected chi connectivity index (χ4v) is 2.41. The van der Waals surface area contributed by atoms with Gasteiger partial charge in [0.2, 0.25) is 0 Å². The Balaban J connectivity index is 2.43. The smallest absolute Gasteiger partial charge is 0.159 e. The third-order valence-corrected chi connectivity index (χ3v) is 3.01. The van der Waals surface area contributed by atoms with Gasteiger partial charge in [-0.2, -0.15) is 0 Å². The van der Waals surface area contributed by atoms with Crippen LogP contribution in [0.2, 0.25) is 0 Å². The molecule has 1 heteroatoms. The topological polar surface area (TPSA) is 17.1 Å². The first kappa shape index (κ1) is 7.08. The van der Waals surface area contributed by atoms with Crippen molar-refractivity contribution in [2.24, 2.45) is 5.41 Å². The van der Waals surface area contributed by atoms with Gasteiger partial charge in [0.15, 0.2) is 5.78 Å². The van der Waals surface area contributed by atoms with Crippen LogP contribution in [-0.2, 0) is 4.79 Å². The summed E-state index contributed by atoms with van der Waals surface area (Å²) in [4.78, 5) is 11.4. The third-order valence-electron chi connectivity index (χ3n) is 3.01. The van der Waals surface area contributed by atoms with E-state index in [0.29, 0.717) is 5.78 Å². The first-order valence-corrected chi connectivity index (χ1v) is 4.37. The summed E-state index contributed by atoms with van der Waals surface area (Å²) in [5, 5.41) is 0. The molecule has 1 nitrogen and oxygen atoms in total. The summed E-state index contributed by atoms with van der Waals surface area (Å²) in [6.45, 7) is 4.39. The van der Waals surface area contributed by atoms with Crippen molar-refractivity contribution < 1.29 is 4.79 Å². The molecule has 0 fully saturated rings. The standard InChI is InChI=1S/C10H14O/c1-10(2)6-5-7-3-4-8(11)9(7)10/h3-6H2,1-2H3. The number of ketones is 1. The first-order chi connectivity index (χ1) is 5.11. The highest BCUT2D eigenvalue weighted by atomic mass is 16.1. The molecule has 0 saturated carbocycles. The minimum absolute atomic E-state index is 0.197. The van der Waals surface area contributed by atoms with Crippen LogP contribution >= 0.6 is 0 Å². The minimum Gasteiger partial charge on any atom is -0.295 e. The van der Waals surface area contributed by atoms with E-state index in [1.54, 1.807) is 0 Å². The highest BCUT2D eigenvalue weighted by Gasteiger charge is 2.39. The van der Waals surface area contributed by atoms with Gasteiger partial charge in [0.25, 0.3) is 0 Å². The summed E-state index contributed by atoms with van der Waals surface area (Å²) in [6.07, 6.45) is 4.20. The molecule has 11 heavy (non-hydrogen) atoms. The number of Topliss-reactive ketones (excluding diaryl/α,β-unsaturated/α-hetero) is 1. The summed E-state index contributed by atoms with van der Waals surface area (Å²) in [7, 11) is 0. The molecule has 0 aromatic heterocycles. The maximum atomic E-state index is 11.4. The fraction of sp³-hybridized carbons (Fsp3) is 0.700. The lowest BCUT2D eigenvalue weighted by atomic mass is 9.84. The molecule has 0 amide bonds. The zero-order chi connectivity index (χ0) is 8.06. The van der Waals surface area contributed by atoms with Gasteiger partial charge in [0, 0.05) is 6.42 Å². The summed E-state index contributed by atoms with van der Waals surface area (Å²) in [5.41, 5.74) is 2.83. The van der Waals surface area contributed by atoms with E-state index < -0.39 is 0 Å². The largest absolute Gasteiger partial charge is 0.295 e. The van der Waals surface area contributed by atoms with Gasteiger partial charge in [-0.05, 0) is 30.3 Å². The molecular formula is C10H14O. The molecule has 0 aliphatic heterocycles. The number of hydrogen-bond donors (Lipinski definition) is 0. The number of carbonyl (C=O) groups excluding carboxylic acids is 1. The molecule has 0 spiro atoms. The van der Waals surface area contributed by atoms with E-state index in [-0.39, 0.29) is 5.41 Å². The van der Waals surface area contributed by atoms with Gasteiger partial charge in [0.05, 0.1) is 0 Å². The summed E-state index contributed by atoms with van der Waals surface area (Å²) in [6, 6.07) is 0. The molecule has 0 heterocycles. The van der Waals surface area contributed by atoms with Gasteiger partial charge >= 0.3 is 0 Å². The van der Waals surface area contributed by atoms with Gasteiger partial charge in [-0.25, -0.2) is 0 Å². The van der Waals surface area contributed by atoms with Crippen LogP contribution in [0.3, 0.4) is 0 Å². The molecule has 2 aliphatic rings. The second kappa shape index (κ2) is 1.96. The lowest BCUT2D eigenvalue weighted by molar-refractivity contribution is -0.115. The van der Waals surface area contributed by atoms with Crippen molar-refractivity contribution in [3.63, 3.8) is 0 Å². The van der Waals surface area contributed by atoms with Crippen molar-refractivity contribution in [2.75, 3.05) is 0 Å². The van der Waals surface area contributed by atoms with Gasteiger partial charge in [-0.1, -0.05) is 19.4 Å². The van der Waals surface area contributed by atoms with Crippen LogP contribution in [0.1, 0.15) is 39.5 Å². The first-order valence-electron chi connectivity index (χ1n) is 4.37. The SMILES string of the molecule is CC1(C)CCC2=C1C(=O)CC2. The second-order valence-corrected chi connectivity index (χ2v) is 4.29. The van der Waals surface area contributed by atoms with E-state index in [1.165, 1.54) is 24.0 Å². The number of hydrogen-bond acceptors (Lipinski definition) is 1. The Morgan fingerprint density at radius 3 is 2.55 bits per heavy atom. The molecule has 0 unspecified atom stereocenters. The van der Waals surface area contributed by atoms with E-state index in [0.717, 1.165) is 12.8 Å². The summed E-state index contributed by atoms with van der Waals surface area (Å²) < 4.78 is 0. The Kier molecular flexibility index (Phi) is 1.26. The van der Waals surface area contributed by atoms with Crippen molar-refractivity contribution in [2.45, 2.75) is 39.5 Å². The zero-order valence-corrected chi connectivity index (χ0v) is 7.24. The number of carbonyl (C=O) groups is 1. The van der Waals surface area contributed by atoms with Crippen molar-refractivity contribution in [3.05, 3.63) is 11.1 Å². The fourth-order valence-electron chi connectivity index (χ4n) is 2.41. The summed E-state index contributed by atoms with van der Waals surface area (Å²) in [5.74, 6) is 0.419. The molecule has 0 N–H and O–H groups in total. The average Bonchev–Trinajstić information content (AvgIpc) is 2.38. The van der Waals surface area contributed by atoms with Crippen LogP contribution in [0.5, 0.6) is 0 Å². The highest BCUT2D eigenvalue weighted by Crippen LogP contribution is 2.47. The molecule has 0 aromatic carbocycles. The van der Waals surface area contributed by atoms with Crippen LogP contribution in [0.25, 0.3) is 0 Å². The average molecular weight is 150 g/mol. The Labute approximate surface area is 67.5 Å². The van der Waals surface area contributed by atoms with E-state index >= 15 is 0 Å². The van der Waals surface area contributed by atoms with Gasteiger partial charge in [-0.15, -0.1) is 0 Å². The molecule has 0 saturated heterocycles. The molecule has 0 atom stereocenters. The van der Waals surface area contributed by atoms with Gasteiger partial charge in [0.1, 0.15) is 0 Å². The van der Waals surface area contributed by atoms with Crippen LogP contribution < -0.4 is 0 Å². The molecule has 2 rings (SSSR count). The molecular weight excluding hydrogens is 136 g/mol. The zero-order valence-electron chi connectivity index (χ0n) is 7.24. The van der Waals surface area contributed by atoms with Gasteiger partial charge in [-0.3, -0.25) is 4.79 Å². The predicted molar refractivity (Wildman–Crippen MR) is 44.3 cm³/mol. The van der Waals surface area contributed by atoms with Crippen LogP contribution in [0, 0.1) is 5.41 Å². The van der Waals surface area contributed by atoms with E-state index in [2.05, 4.69) is 13.8 Å². The van der Waals surface area contributed by atoms with Crippen molar-refractivity contribution in [3.8, 4) is 0 Å². The minimum atomic E-state index is 0.197. The van der Waals surface area contributed by atoms with E-state index in [9.17, 15) is 4.79 Å². The van der Waals surface area contributed by atoms with Crippen LogP contribution in [0.4, 0.5) is 0 Å². The monoisotopic (exact) mass is 150 g/mol. The Morgan fingerprint density at radius 1 is 1.18 bits per heavy atom. The maximum Gasteiger partial charge on any atom is 0.159 e. The third kappa shape index (κ3) is 0.867. The van der Waals surface area contributed by atoms with Crippen LogP contribution in [-0.4, -0.2) is 5.78 Å². The second-order valence-electron chi connectivity index (χ2n) is 4.29. The van der Waals surface area contributed by atoms with Gasteiger partial charge < -0.3 is 0 Å². The normalized spacial score (nSPS) is 28.0. The highest BCUT2D eigenvalue weighted by molar-refractivity contribution is 6.00. The lowest BCUT2D eigenvalue weighted by Gasteiger charge is -2.19. The van der Waals surface area contributed by atoms with E-state index in [1.807, 2.05) is 0 Å². The molecule has 0 aromatic rings. The van der Waals surface area contributed by atoms with Crippen LogP contribution in [0.15, 0.2) is 11.1 Å². The summed E-state index contributed by atoms with van der Waals surface area (Å²) >= 11 is 0. The Morgan fingerprint density at radius 2 is 1.91 bits per heavy atom. The molecule has 60 valence electrons. The number of rotatable bonds is 0. The molecule has 0 bridgehead atoms.